The minimum absolute atomic E-state index is 0.357. The first-order valence-electron chi connectivity index (χ1n) is 6.24. The van der Waals surface area contributed by atoms with E-state index in [0.717, 1.165) is 22.5 Å². The highest BCUT2D eigenvalue weighted by molar-refractivity contribution is 5.93. The molecule has 0 spiro atoms. The van der Waals surface area contributed by atoms with E-state index in [1.165, 1.54) is 12.1 Å². The van der Waals surface area contributed by atoms with Gasteiger partial charge < -0.3 is 5.32 Å². The van der Waals surface area contributed by atoms with Crippen molar-refractivity contribution in [1.29, 1.82) is 0 Å². The smallest absolute Gasteiger partial charge is 0.126 e. The number of fused-ring (bicyclic) bond motifs is 1. The maximum absolute atomic E-state index is 13.1. The number of anilines is 1. The normalized spacial score (nSPS) is 10.7. The molecular weight excluding hydrogens is 258 g/mol. The molecule has 0 aliphatic heterocycles. The van der Waals surface area contributed by atoms with E-state index >= 15 is 0 Å². The van der Waals surface area contributed by atoms with Crippen LogP contribution in [0, 0.1) is 11.6 Å². The predicted octanol–water partition coefficient (Wildman–Crippen LogP) is 4.13. The van der Waals surface area contributed by atoms with Gasteiger partial charge in [-0.05, 0) is 29.8 Å². The Hall–Kier alpha value is -2.49. The molecule has 1 N–H and O–H groups in total. The number of hydrogen-bond acceptors (Lipinski definition) is 2. The summed E-state index contributed by atoms with van der Waals surface area (Å²) in [4.78, 5) is 4.07. The average molecular weight is 270 g/mol. The van der Waals surface area contributed by atoms with Crippen LogP contribution in [-0.2, 0) is 6.54 Å². The monoisotopic (exact) mass is 270 g/mol. The zero-order chi connectivity index (χ0) is 13.9. The average Bonchev–Trinajstić information content (AvgIpc) is 2.44. The maximum Gasteiger partial charge on any atom is 0.126 e. The summed E-state index contributed by atoms with van der Waals surface area (Å²) in [6, 6.07) is 11.2. The summed E-state index contributed by atoms with van der Waals surface area (Å²) in [6.45, 7) is 0.357. The number of hydrogen-bond donors (Lipinski definition) is 1. The third-order valence-electron chi connectivity index (χ3n) is 3.09. The highest BCUT2D eigenvalue weighted by Gasteiger charge is 2.03. The van der Waals surface area contributed by atoms with Crippen LogP contribution in [0.1, 0.15) is 5.56 Å². The molecule has 4 heteroatoms. The molecule has 100 valence electrons. The van der Waals surface area contributed by atoms with E-state index in [1.54, 1.807) is 12.4 Å². The molecule has 0 amide bonds. The van der Waals surface area contributed by atoms with Crippen LogP contribution in [0.15, 0.2) is 54.9 Å². The van der Waals surface area contributed by atoms with E-state index < -0.39 is 11.6 Å². The number of rotatable bonds is 3. The fourth-order valence-corrected chi connectivity index (χ4v) is 2.19. The van der Waals surface area contributed by atoms with Crippen LogP contribution < -0.4 is 5.32 Å². The van der Waals surface area contributed by atoms with E-state index in [2.05, 4.69) is 10.3 Å². The zero-order valence-electron chi connectivity index (χ0n) is 10.6. The van der Waals surface area contributed by atoms with Crippen molar-refractivity contribution in [2.75, 3.05) is 5.32 Å². The van der Waals surface area contributed by atoms with Gasteiger partial charge in [-0.15, -0.1) is 0 Å². The van der Waals surface area contributed by atoms with Gasteiger partial charge in [-0.1, -0.05) is 12.1 Å². The topological polar surface area (TPSA) is 24.9 Å². The van der Waals surface area contributed by atoms with Crippen LogP contribution in [0.3, 0.4) is 0 Å². The van der Waals surface area contributed by atoms with Crippen molar-refractivity contribution in [2.45, 2.75) is 6.54 Å². The summed E-state index contributed by atoms with van der Waals surface area (Å²) in [5.74, 6) is -1.13. The van der Waals surface area contributed by atoms with Gasteiger partial charge in [0.2, 0.25) is 0 Å². The number of nitrogens with one attached hydrogen (secondary N) is 1. The number of aromatic nitrogens is 1. The second-order valence-corrected chi connectivity index (χ2v) is 4.53. The molecule has 20 heavy (non-hydrogen) atoms. The van der Waals surface area contributed by atoms with Crippen LogP contribution in [0.5, 0.6) is 0 Å². The molecule has 0 unspecified atom stereocenters. The second-order valence-electron chi connectivity index (χ2n) is 4.53. The van der Waals surface area contributed by atoms with Gasteiger partial charge in [0.15, 0.2) is 0 Å². The van der Waals surface area contributed by atoms with Gasteiger partial charge in [0.25, 0.3) is 0 Å². The van der Waals surface area contributed by atoms with Crippen molar-refractivity contribution in [2.24, 2.45) is 0 Å². The van der Waals surface area contributed by atoms with Crippen LogP contribution in [0.2, 0.25) is 0 Å². The molecule has 1 heterocycles. The van der Waals surface area contributed by atoms with E-state index in [1.807, 2.05) is 24.3 Å². The highest BCUT2D eigenvalue weighted by Crippen LogP contribution is 2.22. The summed E-state index contributed by atoms with van der Waals surface area (Å²) in [5.41, 5.74) is 1.48. The summed E-state index contributed by atoms with van der Waals surface area (Å²) >= 11 is 0. The van der Waals surface area contributed by atoms with Gasteiger partial charge in [-0.25, -0.2) is 8.78 Å². The Morgan fingerprint density at radius 3 is 2.60 bits per heavy atom. The molecule has 0 saturated carbocycles. The lowest BCUT2D eigenvalue weighted by Gasteiger charge is -2.10. The Morgan fingerprint density at radius 1 is 1.00 bits per heavy atom. The van der Waals surface area contributed by atoms with Crippen molar-refractivity contribution in [1.82, 2.24) is 4.98 Å². The van der Waals surface area contributed by atoms with Crippen molar-refractivity contribution in [3.63, 3.8) is 0 Å². The SMILES string of the molecule is Fc1cc(F)cc(CNc2cccc3cnccc23)c1. The highest BCUT2D eigenvalue weighted by atomic mass is 19.1. The molecule has 3 aromatic rings. The Balaban J connectivity index is 1.87. The van der Waals surface area contributed by atoms with Gasteiger partial charge in [-0.3, -0.25) is 4.98 Å². The lowest BCUT2D eigenvalue weighted by Crippen LogP contribution is -2.01. The van der Waals surface area contributed by atoms with Crippen LogP contribution in [-0.4, -0.2) is 4.98 Å². The first-order valence-corrected chi connectivity index (χ1v) is 6.24. The maximum atomic E-state index is 13.1. The van der Waals surface area contributed by atoms with Crippen LogP contribution in [0.4, 0.5) is 14.5 Å². The van der Waals surface area contributed by atoms with Gasteiger partial charge >= 0.3 is 0 Å². The molecule has 3 rings (SSSR count). The van der Waals surface area contributed by atoms with E-state index in [4.69, 9.17) is 0 Å². The Labute approximate surface area is 115 Å². The number of pyridine rings is 1. The Morgan fingerprint density at radius 2 is 1.80 bits per heavy atom. The molecule has 0 aliphatic carbocycles. The first-order chi connectivity index (χ1) is 9.72. The largest absolute Gasteiger partial charge is 0.380 e. The second kappa shape index (κ2) is 5.25. The molecular formula is C16H12F2N2. The standard InChI is InChI=1S/C16H12F2N2/c17-13-6-11(7-14(18)8-13)9-20-16-3-1-2-12-10-19-5-4-15(12)16/h1-8,10,20H,9H2. The number of benzene rings is 2. The lowest BCUT2D eigenvalue weighted by atomic mass is 10.1. The molecule has 2 nitrogen and oxygen atoms in total. The fourth-order valence-electron chi connectivity index (χ4n) is 2.19. The van der Waals surface area contributed by atoms with Gasteiger partial charge in [-0.2, -0.15) is 0 Å². The van der Waals surface area contributed by atoms with Crippen molar-refractivity contribution < 1.29 is 8.78 Å². The molecule has 2 aromatic carbocycles. The molecule has 0 bridgehead atoms. The van der Waals surface area contributed by atoms with Crippen molar-refractivity contribution >= 4 is 16.5 Å². The quantitative estimate of drug-likeness (QED) is 0.774. The number of halogens is 2. The molecule has 1 aromatic heterocycles. The molecule has 0 radical (unpaired) electrons. The molecule has 0 fully saturated rings. The fraction of sp³-hybridized carbons (Fsp3) is 0.0625. The summed E-state index contributed by atoms with van der Waals surface area (Å²) in [6.07, 6.45) is 3.50. The van der Waals surface area contributed by atoms with Crippen LogP contribution >= 0.6 is 0 Å². The van der Waals surface area contributed by atoms with Crippen molar-refractivity contribution in [3.05, 3.63) is 72.1 Å². The van der Waals surface area contributed by atoms with E-state index in [-0.39, 0.29) is 0 Å². The van der Waals surface area contributed by atoms with Gasteiger partial charge in [0.05, 0.1) is 0 Å². The Bertz CT molecular complexity index is 731. The zero-order valence-corrected chi connectivity index (χ0v) is 10.6. The third kappa shape index (κ3) is 2.59. The molecule has 0 saturated heterocycles. The lowest BCUT2D eigenvalue weighted by molar-refractivity contribution is 0.580. The number of nitrogens with zero attached hydrogens (tertiary/aromatic N) is 1. The summed E-state index contributed by atoms with van der Waals surface area (Å²) < 4.78 is 26.3. The summed E-state index contributed by atoms with van der Waals surface area (Å²) in [7, 11) is 0. The van der Waals surface area contributed by atoms with E-state index in [0.29, 0.717) is 12.1 Å². The van der Waals surface area contributed by atoms with E-state index in [9.17, 15) is 8.78 Å². The third-order valence-corrected chi connectivity index (χ3v) is 3.09. The van der Waals surface area contributed by atoms with Gasteiger partial charge in [0.1, 0.15) is 11.6 Å². The summed E-state index contributed by atoms with van der Waals surface area (Å²) in [5, 5.41) is 5.24. The first kappa shape index (κ1) is 12.5. The van der Waals surface area contributed by atoms with Crippen molar-refractivity contribution in [3.8, 4) is 0 Å². The minimum Gasteiger partial charge on any atom is -0.380 e. The molecule has 0 atom stereocenters. The Kier molecular flexibility index (Phi) is 3.29. The van der Waals surface area contributed by atoms with Crippen LogP contribution in [0.25, 0.3) is 10.8 Å². The molecule has 0 aliphatic rings. The minimum atomic E-state index is -0.566. The van der Waals surface area contributed by atoms with Gasteiger partial charge in [0, 0.05) is 41.5 Å². The predicted molar refractivity (Wildman–Crippen MR) is 75.4 cm³/mol.